The van der Waals surface area contributed by atoms with Gasteiger partial charge in [-0.1, -0.05) is 44.9 Å². The second-order valence-electron chi connectivity index (χ2n) is 5.34. The Balaban J connectivity index is 2.22. The molecule has 1 aromatic rings. The number of para-hydroxylation sites is 1. The molecule has 4 nitrogen and oxygen atoms in total. The molecule has 4 heteroatoms. The number of anilines is 1. The number of carboxylic acids is 1. The Hall–Kier alpha value is -1.84. The van der Waals surface area contributed by atoms with Gasteiger partial charge in [0, 0.05) is 18.7 Å². The van der Waals surface area contributed by atoms with E-state index in [2.05, 4.69) is 13.8 Å². The number of rotatable bonds is 5. The lowest BCUT2D eigenvalue weighted by molar-refractivity contribution is -0.138. The molecule has 0 fully saturated rings. The first-order valence-corrected chi connectivity index (χ1v) is 7.20. The van der Waals surface area contributed by atoms with Gasteiger partial charge in [0.05, 0.1) is 0 Å². The first-order chi connectivity index (χ1) is 9.58. The van der Waals surface area contributed by atoms with E-state index in [1.165, 1.54) is 0 Å². The number of carbonyl (C=O) groups excluding carboxylic acids is 1. The van der Waals surface area contributed by atoms with E-state index < -0.39 is 11.9 Å². The summed E-state index contributed by atoms with van der Waals surface area (Å²) in [4.78, 5) is 25.4. The van der Waals surface area contributed by atoms with Gasteiger partial charge in [0.15, 0.2) is 0 Å². The zero-order chi connectivity index (χ0) is 14.7. The molecule has 1 amide bonds. The molecule has 1 aliphatic heterocycles. The zero-order valence-electron chi connectivity index (χ0n) is 12.0. The van der Waals surface area contributed by atoms with Crippen LogP contribution >= 0.6 is 0 Å². The molecule has 1 aromatic carbocycles. The molecule has 0 bridgehead atoms. The van der Waals surface area contributed by atoms with E-state index in [4.69, 9.17) is 0 Å². The third kappa shape index (κ3) is 2.69. The Kier molecular flexibility index (Phi) is 4.42. The molecule has 0 saturated carbocycles. The van der Waals surface area contributed by atoms with Crippen LogP contribution in [0.2, 0.25) is 0 Å². The average Bonchev–Trinajstić information content (AvgIpc) is 2.84. The van der Waals surface area contributed by atoms with E-state index in [0.717, 1.165) is 24.1 Å². The van der Waals surface area contributed by atoms with Crippen LogP contribution in [-0.2, 0) is 9.59 Å². The summed E-state index contributed by atoms with van der Waals surface area (Å²) in [6.07, 6.45) is 2.44. The maximum Gasteiger partial charge on any atom is 0.312 e. The van der Waals surface area contributed by atoms with Gasteiger partial charge in [-0.3, -0.25) is 9.59 Å². The number of amides is 1. The molecule has 1 atom stereocenters. The predicted octanol–water partition coefficient (Wildman–Crippen LogP) is 3.03. The topological polar surface area (TPSA) is 57.6 Å². The van der Waals surface area contributed by atoms with E-state index in [1.54, 1.807) is 11.0 Å². The minimum absolute atomic E-state index is 0.0369. The monoisotopic (exact) mass is 275 g/mol. The van der Waals surface area contributed by atoms with Crippen molar-refractivity contribution in [1.29, 1.82) is 0 Å². The number of carboxylic acid groups (broad SMARTS) is 1. The molecule has 0 spiro atoms. The zero-order valence-corrected chi connectivity index (χ0v) is 12.0. The Labute approximate surface area is 119 Å². The first kappa shape index (κ1) is 14.6. The van der Waals surface area contributed by atoms with E-state index in [9.17, 15) is 14.7 Å². The van der Waals surface area contributed by atoms with Crippen molar-refractivity contribution in [2.45, 2.75) is 39.0 Å². The number of fused-ring (bicyclic) bond motifs is 1. The van der Waals surface area contributed by atoms with Crippen molar-refractivity contribution >= 4 is 17.6 Å². The molecule has 0 radical (unpaired) electrons. The van der Waals surface area contributed by atoms with Gasteiger partial charge < -0.3 is 10.0 Å². The fourth-order valence-electron chi connectivity index (χ4n) is 2.79. The van der Waals surface area contributed by atoms with Crippen molar-refractivity contribution in [2.24, 2.45) is 5.92 Å². The van der Waals surface area contributed by atoms with Crippen LogP contribution in [0, 0.1) is 5.92 Å². The molecule has 108 valence electrons. The fourth-order valence-corrected chi connectivity index (χ4v) is 2.79. The molecule has 1 unspecified atom stereocenters. The Morgan fingerprint density at radius 1 is 1.30 bits per heavy atom. The summed E-state index contributed by atoms with van der Waals surface area (Å²) in [7, 11) is 0. The standard InChI is InChI=1S/C16H21NO3/c1-3-11(4-2)9-15(18)17-10-13(16(19)20)12-7-5-6-8-14(12)17/h5-8,11,13H,3-4,9-10H2,1-2H3,(H,19,20). The van der Waals surface area contributed by atoms with Gasteiger partial charge in [0.25, 0.3) is 0 Å². The summed E-state index contributed by atoms with van der Waals surface area (Å²) in [6.45, 7) is 4.42. The smallest absolute Gasteiger partial charge is 0.312 e. The van der Waals surface area contributed by atoms with Crippen LogP contribution in [0.15, 0.2) is 24.3 Å². The van der Waals surface area contributed by atoms with Crippen LogP contribution in [0.4, 0.5) is 5.69 Å². The number of benzene rings is 1. The second kappa shape index (κ2) is 6.07. The fraction of sp³-hybridized carbons (Fsp3) is 0.500. The Morgan fingerprint density at radius 2 is 1.95 bits per heavy atom. The summed E-state index contributed by atoms with van der Waals surface area (Å²) in [5.41, 5.74) is 1.51. The van der Waals surface area contributed by atoms with Crippen molar-refractivity contribution in [3.8, 4) is 0 Å². The molecule has 1 N–H and O–H groups in total. The highest BCUT2D eigenvalue weighted by molar-refractivity contribution is 5.99. The lowest BCUT2D eigenvalue weighted by Crippen LogP contribution is -2.32. The predicted molar refractivity (Wildman–Crippen MR) is 77.9 cm³/mol. The number of hydrogen-bond acceptors (Lipinski definition) is 2. The third-order valence-electron chi connectivity index (χ3n) is 4.19. The van der Waals surface area contributed by atoms with Crippen LogP contribution in [0.5, 0.6) is 0 Å². The summed E-state index contributed by atoms with van der Waals surface area (Å²) < 4.78 is 0. The minimum Gasteiger partial charge on any atom is -0.481 e. The van der Waals surface area contributed by atoms with Gasteiger partial charge >= 0.3 is 5.97 Å². The quantitative estimate of drug-likeness (QED) is 0.898. The van der Waals surface area contributed by atoms with Crippen molar-refractivity contribution in [1.82, 2.24) is 0 Å². The summed E-state index contributed by atoms with van der Waals surface area (Å²) >= 11 is 0. The van der Waals surface area contributed by atoms with Gasteiger partial charge in [-0.15, -0.1) is 0 Å². The van der Waals surface area contributed by atoms with Crippen molar-refractivity contribution < 1.29 is 14.7 Å². The number of nitrogens with zero attached hydrogens (tertiary/aromatic N) is 1. The van der Waals surface area contributed by atoms with E-state index in [1.807, 2.05) is 18.2 Å². The lowest BCUT2D eigenvalue weighted by Gasteiger charge is -2.20. The van der Waals surface area contributed by atoms with Crippen LogP contribution in [-0.4, -0.2) is 23.5 Å². The number of hydrogen-bond donors (Lipinski definition) is 1. The van der Waals surface area contributed by atoms with Crippen molar-refractivity contribution in [3.63, 3.8) is 0 Å². The molecule has 0 saturated heterocycles. The van der Waals surface area contributed by atoms with Gasteiger partial charge in [-0.05, 0) is 17.5 Å². The van der Waals surface area contributed by atoms with Gasteiger partial charge in [-0.2, -0.15) is 0 Å². The summed E-state index contributed by atoms with van der Waals surface area (Å²) in [5.74, 6) is -1.06. The Bertz CT molecular complexity index is 508. The average molecular weight is 275 g/mol. The van der Waals surface area contributed by atoms with Gasteiger partial charge in [0.2, 0.25) is 5.91 Å². The highest BCUT2D eigenvalue weighted by Crippen LogP contribution is 2.37. The van der Waals surface area contributed by atoms with Crippen molar-refractivity contribution in [2.75, 3.05) is 11.4 Å². The molecule has 0 aliphatic carbocycles. The lowest BCUT2D eigenvalue weighted by atomic mass is 9.99. The highest BCUT2D eigenvalue weighted by Gasteiger charge is 2.36. The number of aliphatic carboxylic acids is 1. The molecule has 20 heavy (non-hydrogen) atoms. The SMILES string of the molecule is CCC(CC)CC(=O)N1CC(C(=O)O)c2ccccc21. The second-order valence-corrected chi connectivity index (χ2v) is 5.34. The van der Waals surface area contributed by atoms with E-state index in [-0.39, 0.29) is 12.5 Å². The van der Waals surface area contributed by atoms with Crippen LogP contribution in [0.1, 0.15) is 44.6 Å². The molecular weight excluding hydrogens is 254 g/mol. The largest absolute Gasteiger partial charge is 0.481 e. The summed E-state index contributed by atoms with van der Waals surface area (Å²) in [5, 5.41) is 9.30. The number of carbonyl (C=O) groups is 2. The maximum atomic E-state index is 12.4. The maximum absolute atomic E-state index is 12.4. The van der Waals surface area contributed by atoms with Crippen LogP contribution in [0.3, 0.4) is 0 Å². The van der Waals surface area contributed by atoms with E-state index in [0.29, 0.717) is 12.3 Å². The van der Waals surface area contributed by atoms with Gasteiger partial charge in [-0.25, -0.2) is 0 Å². The molecule has 1 heterocycles. The third-order valence-corrected chi connectivity index (χ3v) is 4.19. The molecule has 0 aromatic heterocycles. The molecular formula is C16H21NO3. The highest BCUT2D eigenvalue weighted by atomic mass is 16.4. The van der Waals surface area contributed by atoms with E-state index >= 15 is 0 Å². The minimum atomic E-state index is -0.865. The normalized spacial score (nSPS) is 17.4. The van der Waals surface area contributed by atoms with Crippen LogP contribution in [0.25, 0.3) is 0 Å². The molecule has 2 rings (SSSR count). The van der Waals surface area contributed by atoms with Crippen LogP contribution < -0.4 is 4.90 Å². The molecule has 1 aliphatic rings. The summed E-state index contributed by atoms with van der Waals surface area (Å²) in [6, 6.07) is 7.31. The Morgan fingerprint density at radius 3 is 2.55 bits per heavy atom. The van der Waals surface area contributed by atoms with Gasteiger partial charge in [0.1, 0.15) is 5.92 Å². The van der Waals surface area contributed by atoms with Crippen molar-refractivity contribution in [3.05, 3.63) is 29.8 Å². The first-order valence-electron chi connectivity index (χ1n) is 7.20.